The highest BCUT2D eigenvalue weighted by atomic mass is 127. The largest absolute Gasteiger partial charge is 0.324 e. The number of halogens is 2. The Morgan fingerprint density at radius 1 is 1.50 bits per heavy atom. The fraction of sp³-hybridized carbons (Fsp3) is 0.333. The van der Waals surface area contributed by atoms with E-state index in [1.807, 2.05) is 28.7 Å². The van der Waals surface area contributed by atoms with Crippen molar-refractivity contribution in [3.63, 3.8) is 0 Å². The molecule has 0 saturated heterocycles. The van der Waals surface area contributed by atoms with Gasteiger partial charge in [-0.1, -0.05) is 0 Å². The zero-order valence-corrected chi connectivity index (χ0v) is 8.64. The van der Waals surface area contributed by atoms with Gasteiger partial charge in [0.15, 0.2) is 0 Å². The average Bonchev–Trinajstić information content (AvgIpc) is 2.35. The van der Waals surface area contributed by atoms with E-state index in [0.29, 0.717) is 3.57 Å². The minimum absolute atomic E-state index is 0.120. The van der Waals surface area contributed by atoms with Crippen LogP contribution in [0.2, 0.25) is 0 Å². The summed E-state index contributed by atoms with van der Waals surface area (Å²) in [6.45, 7) is 0. The van der Waals surface area contributed by atoms with Crippen LogP contribution in [0.4, 0.5) is 4.39 Å². The van der Waals surface area contributed by atoms with Crippen molar-refractivity contribution in [2.24, 2.45) is 5.73 Å². The van der Waals surface area contributed by atoms with Crippen molar-refractivity contribution >= 4 is 22.6 Å². The van der Waals surface area contributed by atoms with Gasteiger partial charge in [-0.25, -0.2) is 4.39 Å². The van der Waals surface area contributed by atoms with Crippen molar-refractivity contribution in [3.05, 3.63) is 32.6 Å². The number of hydrogen-bond donors (Lipinski definition) is 1. The second kappa shape index (κ2) is 2.96. The van der Waals surface area contributed by atoms with Gasteiger partial charge in [0.05, 0.1) is 0 Å². The lowest BCUT2D eigenvalue weighted by Gasteiger charge is -2.05. The van der Waals surface area contributed by atoms with E-state index in [0.717, 1.165) is 24.0 Å². The first kappa shape index (κ1) is 8.44. The maximum absolute atomic E-state index is 13.1. The van der Waals surface area contributed by atoms with Crippen LogP contribution in [-0.2, 0) is 6.42 Å². The topological polar surface area (TPSA) is 26.0 Å². The van der Waals surface area contributed by atoms with Crippen molar-refractivity contribution in [2.45, 2.75) is 18.9 Å². The molecule has 1 atom stereocenters. The first-order valence-corrected chi connectivity index (χ1v) is 5.00. The molecular formula is C9H9FIN. The lowest BCUT2D eigenvalue weighted by atomic mass is 10.1. The zero-order valence-electron chi connectivity index (χ0n) is 6.48. The Morgan fingerprint density at radius 2 is 2.25 bits per heavy atom. The third kappa shape index (κ3) is 1.25. The van der Waals surface area contributed by atoms with E-state index in [1.54, 1.807) is 6.07 Å². The van der Waals surface area contributed by atoms with Crippen LogP contribution in [0.25, 0.3) is 0 Å². The van der Waals surface area contributed by atoms with Crippen molar-refractivity contribution in [1.82, 2.24) is 0 Å². The molecule has 0 aliphatic heterocycles. The van der Waals surface area contributed by atoms with Gasteiger partial charge in [-0.2, -0.15) is 0 Å². The van der Waals surface area contributed by atoms with Crippen LogP contribution in [0, 0.1) is 9.39 Å². The summed E-state index contributed by atoms with van der Waals surface area (Å²) in [5, 5.41) is 0. The zero-order chi connectivity index (χ0) is 8.72. The minimum Gasteiger partial charge on any atom is -0.324 e. The summed E-state index contributed by atoms with van der Waals surface area (Å²) in [6, 6.07) is 3.60. The molecule has 0 heterocycles. The summed E-state index contributed by atoms with van der Waals surface area (Å²) in [7, 11) is 0. The lowest BCUT2D eigenvalue weighted by molar-refractivity contribution is 0.618. The van der Waals surface area contributed by atoms with Crippen molar-refractivity contribution in [2.75, 3.05) is 0 Å². The molecule has 1 aliphatic rings. The molecular weight excluding hydrogens is 268 g/mol. The molecule has 0 unspecified atom stereocenters. The molecule has 2 N–H and O–H groups in total. The minimum atomic E-state index is -0.122. The molecule has 3 heteroatoms. The molecule has 2 rings (SSSR count). The first-order valence-electron chi connectivity index (χ1n) is 3.92. The van der Waals surface area contributed by atoms with Crippen LogP contribution >= 0.6 is 22.6 Å². The standard InChI is InChI=1S/C9H9FIN/c10-7-3-5-1-2-9(12)6(5)4-8(7)11/h3-4,9H,1-2,12H2/t9-/m1/s1. The molecule has 0 amide bonds. The second-order valence-corrected chi connectivity index (χ2v) is 4.27. The van der Waals surface area contributed by atoms with Crippen LogP contribution in [0.15, 0.2) is 12.1 Å². The first-order chi connectivity index (χ1) is 5.68. The molecule has 1 nitrogen and oxygen atoms in total. The number of fused-ring (bicyclic) bond motifs is 1. The number of hydrogen-bond acceptors (Lipinski definition) is 1. The maximum Gasteiger partial charge on any atom is 0.136 e. The van der Waals surface area contributed by atoms with Gasteiger partial charge in [0.1, 0.15) is 5.82 Å². The van der Waals surface area contributed by atoms with Crippen LogP contribution < -0.4 is 5.73 Å². The average molecular weight is 277 g/mol. The Kier molecular flexibility index (Phi) is 2.08. The van der Waals surface area contributed by atoms with E-state index in [1.165, 1.54) is 0 Å². The highest BCUT2D eigenvalue weighted by molar-refractivity contribution is 14.1. The molecule has 0 fully saturated rings. The van der Waals surface area contributed by atoms with Crippen LogP contribution in [-0.4, -0.2) is 0 Å². The Morgan fingerprint density at radius 3 is 3.00 bits per heavy atom. The molecule has 0 saturated carbocycles. The van der Waals surface area contributed by atoms with Crippen LogP contribution in [0.5, 0.6) is 0 Å². The predicted molar refractivity (Wildman–Crippen MR) is 54.4 cm³/mol. The smallest absolute Gasteiger partial charge is 0.136 e. The summed E-state index contributed by atoms with van der Waals surface area (Å²) < 4.78 is 13.7. The summed E-state index contributed by atoms with van der Waals surface area (Å²) >= 11 is 2.00. The predicted octanol–water partition coefficient (Wildman–Crippen LogP) is 2.38. The van der Waals surface area contributed by atoms with Gasteiger partial charge >= 0.3 is 0 Å². The molecule has 0 spiro atoms. The molecule has 1 aromatic carbocycles. The third-order valence-corrected chi connectivity index (χ3v) is 3.13. The molecule has 1 aromatic rings. The summed E-state index contributed by atoms with van der Waals surface area (Å²) in [4.78, 5) is 0. The van der Waals surface area contributed by atoms with Crippen molar-refractivity contribution in [1.29, 1.82) is 0 Å². The Balaban J connectivity index is 2.56. The normalized spacial score (nSPS) is 21.1. The van der Waals surface area contributed by atoms with E-state index < -0.39 is 0 Å². The summed E-state index contributed by atoms with van der Waals surface area (Å²) in [5.74, 6) is -0.122. The number of aryl methyl sites for hydroxylation is 1. The number of nitrogens with two attached hydrogens (primary N) is 1. The van der Waals surface area contributed by atoms with E-state index >= 15 is 0 Å². The van der Waals surface area contributed by atoms with Crippen LogP contribution in [0.1, 0.15) is 23.6 Å². The van der Waals surface area contributed by atoms with E-state index in [4.69, 9.17) is 5.73 Å². The molecule has 12 heavy (non-hydrogen) atoms. The monoisotopic (exact) mass is 277 g/mol. The van der Waals surface area contributed by atoms with Gasteiger partial charge in [-0.05, 0) is 58.7 Å². The highest BCUT2D eigenvalue weighted by Gasteiger charge is 2.20. The molecule has 64 valence electrons. The number of benzene rings is 1. The quantitative estimate of drug-likeness (QED) is 0.724. The van der Waals surface area contributed by atoms with Gasteiger partial charge in [0.25, 0.3) is 0 Å². The van der Waals surface area contributed by atoms with E-state index in [2.05, 4.69) is 0 Å². The van der Waals surface area contributed by atoms with Gasteiger partial charge in [-0.15, -0.1) is 0 Å². The molecule has 0 aromatic heterocycles. The maximum atomic E-state index is 13.1. The van der Waals surface area contributed by atoms with E-state index in [9.17, 15) is 4.39 Å². The fourth-order valence-corrected chi connectivity index (χ4v) is 2.12. The summed E-state index contributed by atoms with van der Waals surface area (Å²) in [6.07, 6.45) is 1.87. The molecule has 0 radical (unpaired) electrons. The Hall–Kier alpha value is -0.160. The van der Waals surface area contributed by atoms with Gasteiger partial charge in [0.2, 0.25) is 0 Å². The van der Waals surface area contributed by atoms with E-state index in [-0.39, 0.29) is 11.9 Å². The lowest BCUT2D eigenvalue weighted by Crippen LogP contribution is -2.05. The van der Waals surface area contributed by atoms with Gasteiger partial charge < -0.3 is 5.73 Å². The second-order valence-electron chi connectivity index (χ2n) is 3.11. The fourth-order valence-electron chi connectivity index (χ4n) is 1.63. The molecule has 1 aliphatic carbocycles. The van der Waals surface area contributed by atoms with Crippen molar-refractivity contribution in [3.8, 4) is 0 Å². The third-order valence-electron chi connectivity index (χ3n) is 2.31. The van der Waals surface area contributed by atoms with Gasteiger partial charge in [0, 0.05) is 9.61 Å². The van der Waals surface area contributed by atoms with Crippen LogP contribution in [0.3, 0.4) is 0 Å². The summed E-state index contributed by atoms with van der Waals surface area (Å²) in [5.41, 5.74) is 8.05. The number of rotatable bonds is 0. The van der Waals surface area contributed by atoms with Crippen molar-refractivity contribution < 1.29 is 4.39 Å². The van der Waals surface area contributed by atoms with Gasteiger partial charge in [-0.3, -0.25) is 0 Å². The Bertz CT molecular complexity index is 325. The Labute approximate surface area is 84.3 Å². The highest BCUT2D eigenvalue weighted by Crippen LogP contribution is 2.31. The molecule has 0 bridgehead atoms. The SMILES string of the molecule is N[C@@H]1CCc2cc(F)c(I)cc21.